The zero-order valence-electron chi connectivity index (χ0n) is 18.6. The lowest BCUT2D eigenvalue weighted by molar-refractivity contribution is -0.137. The van der Waals surface area contributed by atoms with Crippen molar-refractivity contribution in [3.63, 3.8) is 0 Å². The molecule has 0 bridgehead atoms. The molecule has 9 heteroatoms. The van der Waals surface area contributed by atoms with Gasteiger partial charge in [-0.3, -0.25) is 4.79 Å². The van der Waals surface area contributed by atoms with Crippen LogP contribution >= 0.6 is 0 Å². The lowest BCUT2D eigenvalue weighted by Crippen LogP contribution is -2.58. The van der Waals surface area contributed by atoms with Gasteiger partial charge in [-0.05, 0) is 56.2 Å². The van der Waals surface area contributed by atoms with Gasteiger partial charge in [0, 0.05) is 19.6 Å². The number of amides is 2. The minimum Gasteiger partial charge on any atom is -0.491 e. The molecular weight excluding hydrogens is 437 g/mol. The zero-order valence-corrected chi connectivity index (χ0v) is 18.6. The van der Waals surface area contributed by atoms with Gasteiger partial charge in [-0.2, -0.15) is 13.2 Å². The Morgan fingerprint density at radius 2 is 1.70 bits per heavy atom. The summed E-state index contributed by atoms with van der Waals surface area (Å²) in [6.07, 6.45) is -4.84. The molecule has 2 aliphatic rings. The molecule has 0 saturated carbocycles. The quantitative estimate of drug-likeness (QED) is 0.610. The van der Waals surface area contributed by atoms with Gasteiger partial charge in [0.15, 0.2) is 0 Å². The Labute approximate surface area is 189 Å². The highest BCUT2D eigenvalue weighted by molar-refractivity contribution is 5.99. The van der Waals surface area contributed by atoms with Gasteiger partial charge in [0.25, 0.3) is 5.91 Å². The summed E-state index contributed by atoms with van der Waals surface area (Å²) in [4.78, 5) is 29.0. The predicted octanol–water partition coefficient (Wildman–Crippen LogP) is 4.83. The molecule has 1 fully saturated rings. The number of fused-ring (bicyclic) bond motifs is 2. The van der Waals surface area contributed by atoms with Crippen molar-refractivity contribution in [1.82, 2.24) is 9.80 Å². The Kier molecular flexibility index (Phi) is 5.76. The molecule has 0 N–H and O–H groups in total. The Hall–Kier alpha value is -3.23. The fraction of sp³-hybridized carbons (Fsp3) is 0.417. The number of carbonyl (C=O) groups is 2. The summed E-state index contributed by atoms with van der Waals surface area (Å²) in [5.41, 5.74) is 0.181. The van der Waals surface area contributed by atoms with E-state index in [1.807, 2.05) is 0 Å². The van der Waals surface area contributed by atoms with E-state index in [-0.39, 0.29) is 18.6 Å². The number of carbonyl (C=O) groups excluding carboxylic acids is 2. The van der Waals surface area contributed by atoms with Crippen molar-refractivity contribution in [2.75, 3.05) is 26.2 Å². The molecule has 0 aromatic heterocycles. The number of piperazine rings is 1. The summed E-state index contributed by atoms with van der Waals surface area (Å²) in [5, 5.41) is 0. The van der Waals surface area contributed by atoms with Gasteiger partial charge in [-0.25, -0.2) is 4.79 Å². The van der Waals surface area contributed by atoms with Crippen LogP contribution < -0.4 is 4.74 Å². The highest BCUT2D eigenvalue weighted by atomic mass is 19.4. The third-order valence-corrected chi connectivity index (χ3v) is 5.58. The largest absolute Gasteiger partial charge is 0.491 e. The SMILES string of the molecule is CC(C)(C)OC(=O)N1CCN2C(=O)c3cc(-c4ccc(C(F)(F)F)cc4)ccc3OCC2C1. The maximum absolute atomic E-state index is 13.3. The summed E-state index contributed by atoms with van der Waals surface area (Å²) < 4.78 is 49.9. The number of halogens is 3. The lowest BCUT2D eigenvalue weighted by Gasteiger charge is -2.40. The first kappa shape index (κ1) is 22.9. The van der Waals surface area contributed by atoms with Crippen molar-refractivity contribution in [2.45, 2.75) is 38.6 Å². The number of rotatable bonds is 1. The van der Waals surface area contributed by atoms with E-state index in [9.17, 15) is 22.8 Å². The molecule has 1 unspecified atom stereocenters. The van der Waals surface area contributed by atoms with E-state index < -0.39 is 23.4 Å². The minimum absolute atomic E-state index is 0.220. The van der Waals surface area contributed by atoms with E-state index >= 15 is 0 Å². The van der Waals surface area contributed by atoms with E-state index in [1.165, 1.54) is 12.1 Å². The first-order chi connectivity index (χ1) is 15.4. The molecule has 2 aromatic carbocycles. The van der Waals surface area contributed by atoms with Crippen LogP contribution in [0.2, 0.25) is 0 Å². The van der Waals surface area contributed by atoms with Crippen molar-refractivity contribution < 1.29 is 32.2 Å². The van der Waals surface area contributed by atoms with E-state index in [4.69, 9.17) is 9.47 Å². The van der Waals surface area contributed by atoms with Crippen molar-refractivity contribution in [2.24, 2.45) is 0 Å². The molecule has 4 rings (SSSR count). The van der Waals surface area contributed by atoms with Crippen LogP contribution in [0.5, 0.6) is 5.75 Å². The van der Waals surface area contributed by atoms with E-state index in [0.717, 1.165) is 12.1 Å². The third-order valence-electron chi connectivity index (χ3n) is 5.58. The monoisotopic (exact) mass is 462 g/mol. The summed E-state index contributed by atoms with van der Waals surface area (Å²) in [7, 11) is 0. The summed E-state index contributed by atoms with van der Waals surface area (Å²) in [6.45, 7) is 6.57. The molecule has 2 aromatic rings. The number of hydrogen-bond donors (Lipinski definition) is 0. The second-order valence-electron chi connectivity index (χ2n) is 9.18. The van der Waals surface area contributed by atoms with Gasteiger partial charge in [-0.1, -0.05) is 18.2 Å². The number of hydrogen-bond acceptors (Lipinski definition) is 4. The Balaban J connectivity index is 1.54. The molecular formula is C24H25F3N2O4. The van der Waals surface area contributed by atoms with Crippen LogP contribution in [-0.4, -0.2) is 59.7 Å². The second-order valence-corrected chi connectivity index (χ2v) is 9.18. The van der Waals surface area contributed by atoms with Gasteiger partial charge in [0.1, 0.15) is 18.0 Å². The fourth-order valence-corrected chi connectivity index (χ4v) is 3.95. The molecule has 2 amide bonds. The summed E-state index contributed by atoms with van der Waals surface area (Å²) in [6, 6.07) is 9.49. The molecule has 0 spiro atoms. The van der Waals surface area contributed by atoms with Gasteiger partial charge < -0.3 is 19.3 Å². The van der Waals surface area contributed by atoms with Gasteiger partial charge in [0.2, 0.25) is 0 Å². The van der Waals surface area contributed by atoms with Crippen LogP contribution in [0.15, 0.2) is 42.5 Å². The van der Waals surface area contributed by atoms with Crippen LogP contribution in [0, 0.1) is 0 Å². The van der Waals surface area contributed by atoms with Crippen LogP contribution in [0.4, 0.5) is 18.0 Å². The smallest absolute Gasteiger partial charge is 0.416 e. The molecule has 1 saturated heterocycles. The van der Waals surface area contributed by atoms with Gasteiger partial charge >= 0.3 is 12.3 Å². The molecule has 1 atom stereocenters. The van der Waals surface area contributed by atoms with E-state index in [2.05, 4.69) is 0 Å². The van der Waals surface area contributed by atoms with Crippen LogP contribution in [0.1, 0.15) is 36.7 Å². The van der Waals surface area contributed by atoms with Crippen LogP contribution in [0.3, 0.4) is 0 Å². The molecule has 2 aliphatic heterocycles. The van der Waals surface area contributed by atoms with Crippen molar-refractivity contribution in [1.29, 1.82) is 0 Å². The highest BCUT2D eigenvalue weighted by Crippen LogP contribution is 2.34. The van der Waals surface area contributed by atoms with Crippen molar-refractivity contribution in [3.8, 4) is 16.9 Å². The topological polar surface area (TPSA) is 59.1 Å². The van der Waals surface area contributed by atoms with E-state index in [1.54, 1.807) is 48.8 Å². The first-order valence-electron chi connectivity index (χ1n) is 10.7. The molecule has 6 nitrogen and oxygen atoms in total. The number of alkyl halides is 3. The standard InChI is InChI=1S/C24H25F3N2O4/c1-23(2,3)33-22(31)28-10-11-29-18(13-28)14-32-20-9-6-16(12-19(20)21(29)30)15-4-7-17(8-5-15)24(25,26)27/h4-9,12,18H,10-11,13-14H2,1-3H3. The first-order valence-corrected chi connectivity index (χ1v) is 10.7. The Morgan fingerprint density at radius 1 is 1.03 bits per heavy atom. The molecule has 0 aliphatic carbocycles. The maximum Gasteiger partial charge on any atom is 0.416 e. The number of nitrogens with zero attached hydrogens (tertiary/aromatic N) is 2. The number of benzene rings is 2. The fourth-order valence-electron chi connectivity index (χ4n) is 3.95. The van der Waals surface area contributed by atoms with Gasteiger partial charge in [0.05, 0.1) is 17.2 Å². The minimum atomic E-state index is -4.41. The van der Waals surface area contributed by atoms with Gasteiger partial charge in [-0.15, -0.1) is 0 Å². The normalized spacial score (nSPS) is 18.7. The Bertz CT molecular complexity index is 1060. The Morgan fingerprint density at radius 3 is 2.33 bits per heavy atom. The third kappa shape index (κ3) is 4.91. The molecule has 176 valence electrons. The lowest BCUT2D eigenvalue weighted by atomic mass is 10.00. The van der Waals surface area contributed by atoms with Crippen molar-refractivity contribution >= 4 is 12.0 Å². The van der Waals surface area contributed by atoms with Crippen LogP contribution in [0.25, 0.3) is 11.1 Å². The highest BCUT2D eigenvalue weighted by Gasteiger charge is 2.38. The van der Waals surface area contributed by atoms with E-state index in [0.29, 0.717) is 42.1 Å². The molecule has 0 radical (unpaired) electrons. The zero-order chi connectivity index (χ0) is 24.0. The maximum atomic E-state index is 13.3. The second kappa shape index (κ2) is 8.28. The molecule has 33 heavy (non-hydrogen) atoms. The predicted molar refractivity (Wildman–Crippen MR) is 115 cm³/mol. The number of ether oxygens (including phenoxy) is 2. The molecule has 2 heterocycles. The average molecular weight is 462 g/mol. The summed E-state index contributed by atoms with van der Waals surface area (Å²) >= 11 is 0. The average Bonchev–Trinajstić information content (AvgIpc) is 2.88. The summed E-state index contributed by atoms with van der Waals surface area (Å²) in [5.74, 6) is 0.180. The van der Waals surface area contributed by atoms with Crippen molar-refractivity contribution in [3.05, 3.63) is 53.6 Å². The van der Waals surface area contributed by atoms with Crippen LogP contribution in [-0.2, 0) is 10.9 Å².